The van der Waals surface area contributed by atoms with E-state index in [0.717, 1.165) is 12.0 Å². The van der Waals surface area contributed by atoms with Gasteiger partial charge >= 0.3 is 0 Å². The maximum atomic E-state index is 11.5. The van der Waals surface area contributed by atoms with Gasteiger partial charge in [0.15, 0.2) is 0 Å². The molecule has 0 spiro atoms. The molecule has 2 N–H and O–H groups in total. The van der Waals surface area contributed by atoms with E-state index in [9.17, 15) is 4.79 Å². The van der Waals surface area contributed by atoms with E-state index >= 15 is 0 Å². The summed E-state index contributed by atoms with van der Waals surface area (Å²) in [5.41, 5.74) is 2.29. The van der Waals surface area contributed by atoms with Gasteiger partial charge in [0, 0.05) is 39.2 Å². The Morgan fingerprint density at radius 1 is 1.50 bits per heavy atom. The van der Waals surface area contributed by atoms with Crippen LogP contribution in [0.1, 0.15) is 17.5 Å². The molecule has 0 unspecified atom stereocenters. The van der Waals surface area contributed by atoms with Crippen molar-refractivity contribution in [2.75, 3.05) is 26.8 Å². The van der Waals surface area contributed by atoms with Crippen molar-refractivity contribution in [3.63, 3.8) is 0 Å². The maximum absolute atomic E-state index is 11.5. The van der Waals surface area contributed by atoms with Crippen LogP contribution in [0.3, 0.4) is 0 Å². The van der Waals surface area contributed by atoms with E-state index in [4.69, 9.17) is 4.74 Å². The highest BCUT2D eigenvalue weighted by atomic mass is 16.5. The second-order valence-corrected chi connectivity index (χ2v) is 4.10. The first-order chi connectivity index (χ1) is 8.74. The van der Waals surface area contributed by atoms with E-state index in [-0.39, 0.29) is 5.91 Å². The number of carbonyl (C=O) groups excluding carboxylic acids is 1. The van der Waals surface area contributed by atoms with Crippen molar-refractivity contribution in [3.8, 4) is 0 Å². The van der Waals surface area contributed by atoms with Gasteiger partial charge in [-0.05, 0) is 30.5 Å². The van der Waals surface area contributed by atoms with E-state index in [1.54, 1.807) is 13.3 Å². The monoisotopic (exact) mass is 251 g/mol. The largest absolute Gasteiger partial charge is 0.385 e. The molecule has 0 fully saturated rings. The van der Waals surface area contributed by atoms with Gasteiger partial charge in [-0.2, -0.15) is 0 Å². The number of nitrogens with one attached hydrogen (secondary N) is 2. The predicted molar refractivity (Wildman–Crippen MR) is 70.2 cm³/mol. The van der Waals surface area contributed by atoms with Crippen LogP contribution in [0.15, 0.2) is 18.5 Å². The number of pyridine rings is 1. The average molecular weight is 251 g/mol. The molecule has 0 saturated heterocycles. The van der Waals surface area contributed by atoms with Gasteiger partial charge in [0.1, 0.15) is 0 Å². The van der Waals surface area contributed by atoms with Crippen LogP contribution in [0.5, 0.6) is 0 Å². The van der Waals surface area contributed by atoms with Crippen molar-refractivity contribution in [1.29, 1.82) is 0 Å². The van der Waals surface area contributed by atoms with Crippen LogP contribution in [-0.2, 0) is 16.1 Å². The van der Waals surface area contributed by atoms with Crippen LogP contribution in [0.4, 0.5) is 0 Å². The van der Waals surface area contributed by atoms with Gasteiger partial charge in [0.05, 0.1) is 6.54 Å². The molecule has 1 aromatic rings. The Labute approximate surface area is 108 Å². The van der Waals surface area contributed by atoms with Crippen LogP contribution < -0.4 is 10.6 Å². The zero-order valence-electron chi connectivity index (χ0n) is 11.0. The van der Waals surface area contributed by atoms with Crippen LogP contribution in [0.2, 0.25) is 0 Å². The van der Waals surface area contributed by atoms with Gasteiger partial charge in [-0.1, -0.05) is 0 Å². The topological polar surface area (TPSA) is 63.2 Å². The lowest BCUT2D eigenvalue weighted by atomic mass is 10.1. The fourth-order valence-electron chi connectivity index (χ4n) is 1.50. The lowest BCUT2D eigenvalue weighted by molar-refractivity contribution is -0.120. The van der Waals surface area contributed by atoms with E-state index in [1.165, 1.54) is 5.56 Å². The van der Waals surface area contributed by atoms with Gasteiger partial charge in [-0.25, -0.2) is 0 Å². The minimum absolute atomic E-state index is 0.00708. The summed E-state index contributed by atoms with van der Waals surface area (Å²) in [7, 11) is 1.65. The molecule has 0 bridgehead atoms. The first-order valence-corrected chi connectivity index (χ1v) is 6.10. The number of hydrogen-bond donors (Lipinski definition) is 2. The molecule has 0 aliphatic rings. The minimum Gasteiger partial charge on any atom is -0.385 e. The van der Waals surface area contributed by atoms with Crippen molar-refractivity contribution < 1.29 is 9.53 Å². The number of hydrogen-bond acceptors (Lipinski definition) is 4. The summed E-state index contributed by atoms with van der Waals surface area (Å²) in [6.45, 7) is 4.33. The van der Waals surface area contributed by atoms with Gasteiger partial charge in [-0.3, -0.25) is 9.78 Å². The molecule has 0 saturated carbocycles. The van der Waals surface area contributed by atoms with Gasteiger partial charge in [-0.15, -0.1) is 0 Å². The standard InChI is InChI=1S/C13H21N3O2/c1-11-4-6-14-8-12(11)9-15-10-13(17)16-5-3-7-18-2/h4,6,8,15H,3,5,7,9-10H2,1-2H3,(H,16,17). The Morgan fingerprint density at radius 3 is 3.06 bits per heavy atom. The molecule has 0 aliphatic carbocycles. The second-order valence-electron chi connectivity index (χ2n) is 4.10. The number of ether oxygens (including phenoxy) is 1. The molecular formula is C13H21N3O2. The summed E-state index contributed by atoms with van der Waals surface area (Å²) in [6, 6.07) is 1.96. The summed E-state index contributed by atoms with van der Waals surface area (Å²) < 4.78 is 4.90. The Hall–Kier alpha value is -1.46. The van der Waals surface area contributed by atoms with Gasteiger partial charge in [0.25, 0.3) is 0 Å². The van der Waals surface area contributed by atoms with E-state index < -0.39 is 0 Å². The molecular weight excluding hydrogens is 230 g/mol. The number of carbonyl (C=O) groups is 1. The molecule has 0 atom stereocenters. The number of amides is 1. The maximum Gasteiger partial charge on any atom is 0.233 e. The summed E-state index contributed by atoms with van der Waals surface area (Å²) in [4.78, 5) is 15.5. The number of aryl methyl sites for hydroxylation is 1. The molecule has 1 rings (SSSR count). The molecule has 100 valence electrons. The SMILES string of the molecule is COCCCNC(=O)CNCc1cnccc1C. The van der Waals surface area contributed by atoms with Crippen LogP contribution in [0, 0.1) is 6.92 Å². The zero-order chi connectivity index (χ0) is 13.2. The summed E-state index contributed by atoms with van der Waals surface area (Å²) in [5.74, 6) is 0.00708. The Balaban J connectivity index is 2.14. The molecule has 5 heteroatoms. The van der Waals surface area contributed by atoms with E-state index in [0.29, 0.717) is 26.2 Å². The van der Waals surface area contributed by atoms with Crippen molar-refractivity contribution in [1.82, 2.24) is 15.6 Å². The normalized spacial score (nSPS) is 10.3. The Morgan fingerprint density at radius 2 is 2.33 bits per heavy atom. The molecule has 0 radical (unpaired) electrons. The number of nitrogens with zero attached hydrogens (tertiary/aromatic N) is 1. The van der Waals surface area contributed by atoms with Gasteiger partial charge in [0.2, 0.25) is 5.91 Å². The van der Waals surface area contributed by atoms with E-state index in [1.807, 2.05) is 19.2 Å². The summed E-state index contributed by atoms with van der Waals surface area (Å²) in [6.07, 6.45) is 4.42. The first-order valence-electron chi connectivity index (χ1n) is 6.10. The molecule has 0 aliphatic heterocycles. The predicted octanol–water partition coefficient (Wildman–Crippen LogP) is 0.632. The van der Waals surface area contributed by atoms with Crippen molar-refractivity contribution in [3.05, 3.63) is 29.6 Å². The van der Waals surface area contributed by atoms with Crippen LogP contribution in [0.25, 0.3) is 0 Å². The highest BCUT2D eigenvalue weighted by molar-refractivity contribution is 5.77. The number of aromatic nitrogens is 1. The quantitative estimate of drug-likeness (QED) is 0.665. The minimum atomic E-state index is 0.00708. The van der Waals surface area contributed by atoms with E-state index in [2.05, 4.69) is 15.6 Å². The van der Waals surface area contributed by atoms with Crippen molar-refractivity contribution >= 4 is 5.91 Å². The fraction of sp³-hybridized carbons (Fsp3) is 0.538. The summed E-state index contributed by atoms with van der Waals surface area (Å²) in [5, 5.41) is 5.92. The molecule has 1 heterocycles. The molecule has 5 nitrogen and oxygen atoms in total. The zero-order valence-corrected chi connectivity index (χ0v) is 11.0. The third-order valence-corrected chi connectivity index (χ3v) is 2.60. The number of rotatable bonds is 8. The number of methoxy groups -OCH3 is 1. The molecule has 18 heavy (non-hydrogen) atoms. The van der Waals surface area contributed by atoms with Crippen molar-refractivity contribution in [2.45, 2.75) is 19.9 Å². The fourth-order valence-corrected chi connectivity index (χ4v) is 1.50. The molecule has 1 amide bonds. The first kappa shape index (κ1) is 14.6. The highest BCUT2D eigenvalue weighted by Gasteiger charge is 2.01. The van der Waals surface area contributed by atoms with Crippen LogP contribution >= 0.6 is 0 Å². The molecule has 1 aromatic heterocycles. The summed E-state index contributed by atoms with van der Waals surface area (Å²) >= 11 is 0. The van der Waals surface area contributed by atoms with Crippen molar-refractivity contribution in [2.24, 2.45) is 0 Å². The third-order valence-electron chi connectivity index (χ3n) is 2.60. The Kier molecular flexibility index (Phi) is 6.98. The smallest absolute Gasteiger partial charge is 0.233 e. The highest BCUT2D eigenvalue weighted by Crippen LogP contribution is 2.03. The lowest BCUT2D eigenvalue weighted by Gasteiger charge is -2.08. The molecule has 0 aromatic carbocycles. The second kappa shape index (κ2) is 8.60. The Bertz CT molecular complexity index is 369. The van der Waals surface area contributed by atoms with Crippen LogP contribution in [-0.4, -0.2) is 37.7 Å². The van der Waals surface area contributed by atoms with Gasteiger partial charge < -0.3 is 15.4 Å². The third kappa shape index (κ3) is 5.75. The average Bonchev–Trinajstić information content (AvgIpc) is 2.37. The lowest BCUT2D eigenvalue weighted by Crippen LogP contribution is -2.34.